The van der Waals surface area contributed by atoms with Crippen molar-refractivity contribution < 1.29 is 130 Å². The van der Waals surface area contributed by atoms with E-state index in [0.29, 0.717) is 96.8 Å². The number of carboxylic acid groups (broad SMARTS) is 2. The van der Waals surface area contributed by atoms with Gasteiger partial charge in [-0.1, -0.05) is 138 Å². The van der Waals surface area contributed by atoms with Gasteiger partial charge in [-0.25, -0.2) is 9.18 Å². The highest BCUT2D eigenvalue weighted by molar-refractivity contribution is 6.01. The average Bonchev–Trinajstić information content (AvgIpc) is 1.63. The maximum absolute atomic E-state index is 16.4. The molecule has 1 unspecified atom stereocenters. The highest BCUT2D eigenvalue weighted by Gasteiger charge is 2.50. The number of ether oxygens (including phenoxy) is 6. The molecule has 43 heteroatoms. The van der Waals surface area contributed by atoms with Crippen molar-refractivity contribution in [3.8, 4) is 5.75 Å². The number of nitrogens with one attached hydrogen (secondary N) is 12. The van der Waals surface area contributed by atoms with E-state index in [9.17, 15) is 63.0 Å². The number of aliphatic carboxylic acids is 2. The molecular weight excluding hydrogens is 1930 g/mol. The number of unbranched alkanes of at least 4 members (excludes halogenated alkanes) is 11. The van der Waals surface area contributed by atoms with Gasteiger partial charge in [0, 0.05) is 134 Å². The standard InChI is InChI=1S/C106H149FN16O26/c1-69-97(134)118-84(63-112-91(129)67-148-56-54-146-52-46-109-90(128)66-147-55-53-145-51-45-108-87(125)38-36-80(104(141)142)114-88(126)25-17-13-11-9-7-5-6-8-10-12-14-18-26-94(132)133)99(136)115-81-59-74-23-21-24-75(57-74)62-111-92(130)68-149-86-42-50-122-96(86)101(138)119-95(70(2)124)100(137)117-82(58-72-31-34-78(144-4)35-32-72)103(140)123-49-22-43-106(123,3)105(143)110-44-41-71-27-29-73(30-28-71)64-121(93(131)40-39-89(127)113-69)48-20-16-15-19-47-120-65-76(60-83(102(122)139)116-98(81)135)79-61-77(107)33-37-85(79)120/h21,23-24,27-35,37,57,61,65,69-70,80-84,86,95-96,124H,5-20,22,25-26,36,38-56,58-60,62-64,66-68H2,1-4H3,(H,108,125)(H,109,128)(H,110,143)(H,111,130)(H,112,129)(H,113,127)(H,114,126)(H,115,136)(H,116,135)(H,117,137)(H,118,134)(H,119,138)(H,132,133)(H,141,142)/t69-,70+,80-,81-,82-,83-,84+,86-,95-,96?,106-/m0/s1. The van der Waals surface area contributed by atoms with Gasteiger partial charge in [0.25, 0.3) is 0 Å². The number of aromatic nitrogens is 1. The van der Waals surface area contributed by atoms with Crippen LogP contribution >= 0.6 is 0 Å². The molecule has 15 N–H and O–H groups in total. The number of benzene rings is 4. The number of halogens is 1. The lowest BCUT2D eigenvalue weighted by molar-refractivity contribution is -0.148. The summed E-state index contributed by atoms with van der Waals surface area (Å²) in [5.74, 6) is -13.4. The Kier molecular flexibility index (Phi) is 48.8. The smallest absolute Gasteiger partial charge is 0.326 e. The number of fused-ring (bicyclic) bond motifs is 16. The van der Waals surface area contributed by atoms with Crippen LogP contribution in [0.3, 0.4) is 0 Å². The first-order valence-electron chi connectivity index (χ1n) is 52.2. The van der Waals surface area contributed by atoms with Gasteiger partial charge in [-0.05, 0) is 142 Å². The zero-order valence-electron chi connectivity index (χ0n) is 85.9. The molecule has 6 aliphatic rings. The Morgan fingerprint density at radius 2 is 1.19 bits per heavy atom. The molecule has 12 bridgehead atoms. The molecule has 5 aromatic rings. The summed E-state index contributed by atoms with van der Waals surface area (Å²) >= 11 is 0. The molecule has 816 valence electrons. The largest absolute Gasteiger partial charge is 0.497 e. The molecule has 42 nitrogen and oxygen atoms in total. The molecule has 7 heterocycles. The number of aryl methyl sites for hydroxylation is 1. The van der Waals surface area contributed by atoms with Crippen molar-refractivity contribution in [1.82, 2.24) is 83.1 Å². The lowest BCUT2D eigenvalue weighted by Crippen LogP contribution is -2.64. The van der Waals surface area contributed by atoms with Crippen LogP contribution < -0.4 is 68.5 Å². The van der Waals surface area contributed by atoms with E-state index in [-0.39, 0.29) is 169 Å². The Bertz CT molecular complexity index is 5320. The summed E-state index contributed by atoms with van der Waals surface area (Å²) in [7, 11) is 1.48. The molecular formula is C106H149FN16O26. The zero-order valence-corrected chi connectivity index (χ0v) is 85.9. The molecule has 0 radical (unpaired) electrons. The zero-order chi connectivity index (χ0) is 107. The summed E-state index contributed by atoms with van der Waals surface area (Å²) in [6.45, 7) is 2.52. The Balaban J connectivity index is 0.810. The summed E-state index contributed by atoms with van der Waals surface area (Å²) < 4.78 is 51.7. The fourth-order valence-electron chi connectivity index (χ4n) is 18.8. The van der Waals surface area contributed by atoms with Gasteiger partial charge < -0.3 is 127 Å². The molecule has 11 atom stereocenters. The predicted molar refractivity (Wildman–Crippen MR) is 542 cm³/mol. The Morgan fingerprint density at radius 1 is 0.557 bits per heavy atom. The van der Waals surface area contributed by atoms with E-state index in [1.54, 1.807) is 72.6 Å². The minimum absolute atomic E-state index is 0.00790. The highest BCUT2D eigenvalue weighted by atomic mass is 19.1. The Hall–Kier alpha value is -13.1. The summed E-state index contributed by atoms with van der Waals surface area (Å²) in [5, 5.41) is 63.0. The number of methoxy groups -OCH3 is 1. The second-order valence-electron chi connectivity index (χ2n) is 38.8. The number of hydrogen-bond donors (Lipinski definition) is 15. The molecule has 15 amide bonds. The second-order valence-corrected chi connectivity index (χ2v) is 38.8. The third kappa shape index (κ3) is 39.1. The normalized spacial score (nSPS) is 21.6. The van der Waals surface area contributed by atoms with E-state index in [4.69, 9.17) is 33.5 Å². The number of rotatable bonds is 42. The number of carbonyl (C=O) groups excluding carboxylic acids is 15. The van der Waals surface area contributed by atoms with Gasteiger partial charge in [0.15, 0.2) is 0 Å². The van der Waals surface area contributed by atoms with Crippen molar-refractivity contribution >= 4 is 111 Å². The van der Waals surface area contributed by atoms with Gasteiger partial charge in [0.1, 0.15) is 85.3 Å². The number of amides is 15. The number of aliphatic hydroxyl groups excluding tert-OH is 1. The highest BCUT2D eigenvalue weighted by Crippen LogP contribution is 2.33. The predicted octanol–water partition coefficient (Wildman–Crippen LogP) is 3.49. The topological polar surface area (TPSA) is 565 Å². The summed E-state index contributed by atoms with van der Waals surface area (Å²) in [5.41, 5.74) is 2.41. The van der Waals surface area contributed by atoms with Crippen molar-refractivity contribution in [3.05, 3.63) is 136 Å². The maximum atomic E-state index is 16.4. The molecule has 0 aliphatic carbocycles. The Labute approximate surface area is 867 Å². The van der Waals surface area contributed by atoms with Gasteiger partial charge >= 0.3 is 11.9 Å². The molecule has 11 rings (SSSR count). The van der Waals surface area contributed by atoms with E-state index in [0.717, 1.165) is 80.2 Å². The molecule has 2 saturated heterocycles. The SMILES string of the molecule is COc1ccc(C[C@@H]2NC(=O)[C@H]([C@@H](C)O)NC(=O)C3[C@@H]4CCN3C(=O)[C@@H]3Cc5cn(c6ccc(F)cc56)CCCCCCN(Cc5ccc(cc5)CCNC(=O)[C@]5(C)CCCN5C2=O)C(=O)CCC(=O)N[C@@H](C)C(=O)N[C@H](CNC(=O)COCCOCCNC(=O)COCCOCCNC(=O)CC[C@H](NC(=O)CCCCCCCCCCCCCCC(=O)O)C(=O)O)C(=O)N[C@@H](Cc2cccc(c2)CNC(=O)CO4)C(=O)N3)cc1. The van der Waals surface area contributed by atoms with Crippen LogP contribution in [0.15, 0.2) is 97.2 Å². The lowest BCUT2D eigenvalue weighted by atomic mass is 9.95. The van der Waals surface area contributed by atoms with E-state index < -0.39 is 193 Å². The first kappa shape index (κ1) is 118. The molecule has 6 aliphatic heterocycles. The van der Waals surface area contributed by atoms with Gasteiger partial charge in [0.05, 0.1) is 59.0 Å². The van der Waals surface area contributed by atoms with Crippen LogP contribution in [0.4, 0.5) is 4.39 Å². The molecule has 149 heavy (non-hydrogen) atoms. The maximum Gasteiger partial charge on any atom is 0.326 e. The first-order valence-corrected chi connectivity index (χ1v) is 52.2. The summed E-state index contributed by atoms with van der Waals surface area (Å²) in [6.07, 6.45) is 12.0. The van der Waals surface area contributed by atoms with Crippen LogP contribution in [-0.4, -0.2) is 314 Å². The quantitative estimate of drug-likeness (QED) is 0.0249. The average molecular weight is 2080 g/mol. The second kappa shape index (κ2) is 61.8. The lowest BCUT2D eigenvalue weighted by Gasteiger charge is -2.37. The molecule has 1 aromatic heterocycles. The molecule has 4 aromatic carbocycles. The van der Waals surface area contributed by atoms with Gasteiger partial charge in [-0.15, -0.1) is 0 Å². The van der Waals surface area contributed by atoms with Crippen LogP contribution in [0.2, 0.25) is 0 Å². The van der Waals surface area contributed by atoms with Crippen LogP contribution in [0.5, 0.6) is 5.75 Å². The fourth-order valence-corrected chi connectivity index (χ4v) is 18.8. The van der Waals surface area contributed by atoms with Gasteiger partial charge in [-0.3, -0.25) is 76.7 Å². The number of hydrogen-bond acceptors (Lipinski definition) is 24. The minimum atomic E-state index is -1.90. The monoisotopic (exact) mass is 2080 g/mol. The van der Waals surface area contributed by atoms with E-state index >= 15 is 33.2 Å². The summed E-state index contributed by atoms with van der Waals surface area (Å²) in [4.78, 5) is 244. The number of nitrogens with zero attached hydrogens (tertiary/aromatic N) is 4. The van der Waals surface area contributed by atoms with Crippen molar-refractivity contribution in [3.63, 3.8) is 0 Å². The van der Waals surface area contributed by atoms with Crippen LogP contribution in [0, 0.1) is 5.82 Å². The van der Waals surface area contributed by atoms with Crippen LogP contribution in [-0.2, 0) is 151 Å². The number of carboxylic acids is 2. The third-order valence-corrected chi connectivity index (χ3v) is 27.2. The van der Waals surface area contributed by atoms with Crippen molar-refractivity contribution in [1.29, 1.82) is 0 Å². The van der Waals surface area contributed by atoms with E-state index in [1.165, 1.54) is 38.0 Å². The number of aliphatic hydroxyl groups is 1. The van der Waals surface area contributed by atoms with Crippen LogP contribution in [0.25, 0.3) is 10.9 Å². The fraction of sp³-hybridized carbons (Fsp3) is 0.594. The molecule has 2 fully saturated rings. The van der Waals surface area contributed by atoms with Crippen molar-refractivity contribution in [2.24, 2.45) is 0 Å². The molecule has 0 saturated carbocycles. The van der Waals surface area contributed by atoms with E-state index in [2.05, 4.69) is 63.8 Å². The van der Waals surface area contributed by atoms with Gasteiger partial charge in [-0.2, -0.15) is 0 Å². The van der Waals surface area contributed by atoms with E-state index in [1.807, 2.05) is 28.8 Å². The van der Waals surface area contributed by atoms with Crippen molar-refractivity contribution in [2.45, 2.75) is 293 Å². The third-order valence-electron chi connectivity index (χ3n) is 27.2. The first-order chi connectivity index (χ1) is 71.7. The van der Waals surface area contributed by atoms with Gasteiger partial charge in [0.2, 0.25) is 88.6 Å². The number of carbonyl (C=O) groups is 17. The minimum Gasteiger partial charge on any atom is -0.497 e. The van der Waals surface area contributed by atoms with Crippen LogP contribution in [0.1, 0.15) is 215 Å². The molecule has 0 spiro atoms. The summed E-state index contributed by atoms with van der Waals surface area (Å²) in [6, 6.07) is 11.8. The van der Waals surface area contributed by atoms with Crippen molar-refractivity contribution in [2.75, 3.05) is 112 Å². The Morgan fingerprint density at radius 3 is 1.86 bits per heavy atom.